The predicted molar refractivity (Wildman–Crippen MR) is 139 cm³/mol. The van der Waals surface area contributed by atoms with Crippen LogP contribution < -0.4 is 4.50 Å². The molecule has 0 unspecified atom stereocenters. The summed E-state index contributed by atoms with van der Waals surface area (Å²) in [5.74, 6) is 4.87. The molecule has 0 aromatic carbocycles. The number of unbranched alkanes of at least 4 members (excludes halogenated alkanes) is 1. The Balaban J connectivity index is 3.50. The van der Waals surface area contributed by atoms with E-state index in [0.717, 1.165) is 0 Å². The number of halogens is 1. The first-order valence-electron chi connectivity index (χ1n) is 10.0. The Bertz CT molecular complexity index is 708. The minimum atomic E-state index is -1.62. The van der Waals surface area contributed by atoms with E-state index >= 15 is 0 Å². The van der Waals surface area contributed by atoms with Crippen molar-refractivity contribution in [3.63, 3.8) is 0 Å². The molecule has 0 fully saturated rings. The Labute approximate surface area is 187 Å². The third kappa shape index (κ3) is 6.01. The fourth-order valence-corrected chi connectivity index (χ4v) is 11.3. The molecule has 1 heterocycles. The van der Waals surface area contributed by atoms with Gasteiger partial charge in [0.25, 0.3) is 0 Å². The molecule has 0 saturated carbocycles. The summed E-state index contributed by atoms with van der Waals surface area (Å²) in [5, 5.41) is 0.621. The van der Waals surface area contributed by atoms with Crippen LogP contribution in [0, 0.1) is 11.5 Å². The van der Waals surface area contributed by atoms with Crippen LogP contribution in [0.3, 0.4) is 0 Å². The molecule has 1 aromatic rings. The van der Waals surface area contributed by atoms with E-state index in [0.29, 0.717) is 10.1 Å². The van der Waals surface area contributed by atoms with Crippen LogP contribution in [0.2, 0.25) is 36.3 Å². The smallest absolute Gasteiger partial charge is 0.136 e. The molecule has 0 spiro atoms. The first kappa shape index (κ1) is 25.6. The summed E-state index contributed by atoms with van der Waals surface area (Å²) in [5.41, 5.74) is 5.03. The van der Waals surface area contributed by atoms with Gasteiger partial charge in [-0.3, -0.25) is 0 Å². The van der Waals surface area contributed by atoms with Gasteiger partial charge in [-0.15, -0.1) is 28.6 Å². The van der Waals surface area contributed by atoms with Gasteiger partial charge in [0.2, 0.25) is 0 Å². The molecule has 27 heavy (non-hydrogen) atoms. The molecule has 0 N–H and O–H groups in total. The van der Waals surface area contributed by atoms with Crippen LogP contribution in [-0.4, -0.2) is 21.9 Å². The highest BCUT2D eigenvalue weighted by molar-refractivity contribution is 9.10. The minimum Gasteiger partial charge on any atom is -0.136 e. The fraction of sp³-hybridized carbons (Fsp3) is 0.727. The number of hydrogen-bond donors (Lipinski definition) is 0. The van der Waals surface area contributed by atoms with Crippen molar-refractivity contribution in [2.75, 3.05) is 5.75 Å². The molecule has 0 atom stereocenters. The van der Waals surface area contributed by atoms with Gasteiger partial charge in [0, 0.05) is 8.97 Å². The molecule has 1 rings (SSSR count). The molecule has 0 bridgehead atoms. The van der Waals surface area contributed by atoms with E-state index in [1.54, 1.807) is 4.50 Å². The summed E-state index contributed by atoms with van der Waals surface area (Å²) in [6.07, 6.45) is 2.52. The highest BCUT2D eigenvalue weighted by Gasteiger charge is 2.41. The molecular formula is C22H39BrS2Si2. The summed E-state index contributed by atoms with van der Waals surface area (Å²) >= 11 is 8.04. The van der Waals surface area contributed by atoms with Crippen molar-refractivity contribution < 1.29 is 0 Å². The Hall–Kier alpha value is 0.524. The van der Waals surface area contributed by atoms with Crippen molar-refractivity contribution in [2.24, 2.45) is 0 Å². The lowest BCUT2D eigenvalue weighted by Crippen LogP contribution is -2.48. The molecule has 154 valence electrons. The van der Waals surface area contributed by atoms with Crippen LogP contribution in [0.4, 0.5) is 0 Å². The van der Waals surface area contributed by atoms with E-state index in [9.17, 15) is 0 Å². The lowest BCUT2D eigenvalue weighted by atomic mass is 10.2. The van der Waals surface area contributed by atoms with E-state index < -0.39 is 16.1 Å². The van der Waals surface area contributed by atoms with Gasteiger partial charge in [-0.05, 0) is 38.2 Å². The Morgan fingerprint density at radius 3 is 2.00 bits per heavy atom. The SMILES string of the molecule is CCCCSc1sc([Si](C)(C)C(C)(C)C)c(Br)c1C#C[Si](C)(C)C(C)(C)C. The molecule has 0 saturated heterocycles. The van der Waals surface area contributed by atoms with E-state index in [2.05, 4.69) is 102 Å². The average molecular weight is 504 g/mol. The summed E-state index contributed by atoms with van der Waals surface area (Å²) in [6.45, 7) is 26.3. The molecular weight excluding hydrogens is 464 g/mol. The quantitative estimate of drug-likeness (QED) is 0.168. The second-order valence-corrected chi connectivity index (χ2v) is 24.4. The van der Waals surface area contributed by atoms with Gasteiger partial charge in [0.05, 0.1) is 9.77 Å². The molecule has 0 aliphatic heterocycles. The first-order valence-corrected chi connectivity index (χ1v) is 18.6. The molecule has 0 radical (unpaired) electrons. The van der Waals surface area contributed by atoms with Gasteiger partial charge in [-0.25, -0.2) is 0 Å². The van der Waals surface area contributed by atoms with E-state index in [1.165, 1.54) is 32.8 Å². The van der Waals surface area contributed by atoms with Crippen molar-refractivity contribution in [3.05, 3.63) is 10.0 Å². The standard InChI is InChI=1S/C22H39BrS2Si2/c1-12-13-15-24-19-17(14-16-26(8,9)21(2,3)4)18(23)20(25-19)27(10,11)22(5,6)7/h12-13,15H2,1-11H3. The Morgan fingerprint density at radius 1 is 1.00 bits per heavy atom. The van der Waals surface area contributed by atoms with Crippen molar-refractivity contribution in [3.8, 4) is 11.5 Å². The topological polar surface area (TPSA) is 0 Å². The van der Waals surface area contributed by atoms with Crippen LogP contribution in [-0.2, 0) is 0 Å². The van der Waals surface area contributed by atoms with Gasteiger partial charge in [-0.1, -0.05) is 87.0 Å². The molecule has 5 heteroatoms. The maximum Gasteiger partial charge on any atom is 0.138 e. The lowest BCUT2D eigenvalue weighted by molar-refractivity contribution is 0.730. The average Bonchev–Trinajstić information content (AvgIpc) is 2.80. The van der Waals surface area contributed by atoms with Crippen LogP contribution in [0.25, 0.3) is 0 Å². The Kier molecular flexibility index (Phi) is 8.64. The van der Waals surface area contributed by atoms with Gasteiger partial charge in [-0.2, -0.15) is 0 Å². The van der Waals surface area contributed by atoms with Crippen molar-refractivity contribution in [2.45, 2.75) is 102 Å². The highest BCUT2D eigenvalue weighted by Crippen LogP contribution is 2.43. The summed E-state index contributed by atoms with van der Waals surface area (Å²) in [4.78, 5) is 0. The van der Waals surface area contributed by atoms with Gasteiger partial charge < -0.3 is 0 Å². The van der Waals surface area contributed by atoms with Crippen LogP contribution in [0.1, 0.15) is 66.9 Å². The van der Waals surface area contributed by atoms with Crippen molar-refractivity contribution in [1.29, 1.82) is 0 Å². The third-order valence-corrected chi connectivity index (χ3v) is 21.6. The molecule has 0 amide bonds. The van der Waals surface area contributed by atoms with E-state index in [4.69, 9.17) is 0 Å². The van der Waals surface area contributed by atoms with Crippen LogP contribution >= 0.6 is 39.0 Å². The second-order valence-electron chi connectivity index (χ2n) is 10.6. The zero-order chi connectivity index (χ0) is 21.3. The van der Waals surface area contributed by atoms with E-state index in [-0.39, 0.29) is 0 Å². The van der Waals surface area contributed by atoms with Gasteiger partial charge in [0.1, 0.15) is 16.1 Å². The van der Waals surface area contributed by atoms with E-state index in [1.807, 2.05) is 23.1 Å². The highest BCUT2D eigenvalue weighted by atomic mass is 79.9. The Morgan fingerprint density at radius 2 is 1.56 bits per heavy atom. The monoisotopic (exact) mass is 502 g/mol. The van der Waals surface area contributed by atoms with Crippen molar-refractivity contribution in [1.82, 2.24) is 0 Å². The maximum absolute atomic E-state index is 4.00. The van der Waals surface area contributed by atoms with Gasteiger partial charge >= 0.3 is 0 Å². The maximum atomic E-state index is 4.00. The number of rotatable bonds is 5. The summed E-state index contributed by atoms with van der Waals surface area (Å²) in [6, 6.07) is 0. The zero-order valence-electron chi connectivity index (χ0n) is 19.3. The lowest BCUT2D eigenvalue weighted by Gasteiger charge is -2.36. The summed E-state index contributed by atoms with van der Waals surface area (Å²) < 4.78 is 4.30. The minimum absolute atomic E-state index is 0.292. The second kappa shape index (κ2) is 9.12. The predicted octanol–water partition coefficient (Wildman–Crippen LogP) is 8.52. The summed E-state index contributed by atoms with van der Waals surface area (Å²) in [7, 11) is -3.21. The fourth-order valence-electron chi connectivity index (χ4n) is 2.06. The number of thioether (sulfide) groups is 1. The molecule has 0 aliphatic carbocycles. The zero-order valence-corrected chi connectivity index (χ0v) is 24.5. The number of hydrogen-bond acceptors (Lipinski definition) is 2. The van der Waals surface area contributed by atoms with Crippen LogP contribution in [0.5, 0.6) is 0 Å². The van der Waals surface area contributed by atoms with Gasteiger partial charge in [0.15, 0.2) is 0 Å². The largest absolute Gasteiger partial charge is 0.138 e. The first-order chi connectivity index (χ1) is 12.1. The number of thiophene rings is 1. The molecule has 1 aromatic heterocycles. The third-order valence-electron chi connectivity index (χ3n) is 6.37. The molecule has 0 nitrogen and oxygen atoms in total. The molecule has 0 aliphatic rings. The normalized spacial score (nSPS) is 13.5. The van der Waals surface area contributed by atoms with Crippen molar-refractivity contribution >= 4 is 59.7 Å². The van der Waals surface area contributed by atoms with Crippen LogP contribution in [0.15, 0.2) is 8.68 Å².